The van der Waals surface area contributed by atoms with Crippen molar-refractivity contribution in [1.82, 2.24) is 0 Å². The first-order valence-electron chi connectivity index (χ1n) is 2.32. The summed E-state index contributed by atoms with van der Waals surface area (Å²) in [6.45, 7) is 1.78. The molecule has 64 valence electrons. The van der Waals surface area contributed by atoms with Gasteiger partial charge in [0.25, 0.3) is 0 Å². The van der Waals surface area contributed by atoms with Crippen molar-refractivity contribution >= 4 is 64.6 Å². The molecule has 0 aromatic heterocycles. The van der Waals surface area contributed by atoms with E-state index < -0.39 is 19.7 Å². The maximum absolute atomic E-state index is 5.71. The zero-order chi connectivity index (χ0) is 8.70. The van der Waals surface area contributed by atoms with Crippen LogP contribution in [0.1, 0.15) is 0 Å². The van der Waals surface area contributed by atoms with Crippen LogP contribution in [0.4, 0.5) is 0 Å². The summed E-state index contributed by atoms with van der Waals surface area (Å²) in [5.41, 5.74) is 0. The fourth-order valence-corrected chi connectivity index (χ4v) is 13.7. The fourth-order valence-electron chi connectivity index (χ4n) is 0.495. The third-order valence-electron chi connectivity index (χ3n) is 0.689. The topological polar surface area (TPSA) is 37.1 Å². The molecule has 1 unspecified atom stereocenters. The van der Waals surface area contributed by atoms with Gasteiger partial charge in [-0.15, -0.1) is 0 Å². The Morgan fingerprint density at radius 1 is 1.09 bits per heavy atom. The van der Waals surface area contributed by atoms with E-state index in [-0.39, 0.29) is 0 Å². The van der Waals surface area contributed by atoms with E-state index in [1.54, 1.807) is 6.66 Å². The first-order valence-corrected chi connectivity index (χ1v) is 11.0. The van der Waals surface area contributed by atoms with Crippen molar-refractivity contribution in [1.29, 1.82) is 0 Å². The van der Waals surface area contributed by atoms with Crippen LogP contribution in [-0.2, 0) is 0 Å². The first kappa shape index (κ1) is 10.8. The molecule has 11 heavy (non-hydrogen) atoms. The molecule has 3 nitrogen and oxygen atoms in total. The first-order chi connectivity index (χ1) is 4.81. The molecule has 0 radical (unpaired) electrons. The molecule has 0 saturated heterocycles. The average molecular weight is 292 g/mol. The Labute approximate surface area is 84.7 Å². The molecule has 0 fully saturated rings. The van der Waals surface area contributed by atoms with Crippen molar-refractivity contribution < 1.29 is 0 Å². The second-order valence-corrected chi connectivity index (χ2v) is 13.3. The summed E-state index contributed by atoms with van der Waals surface area (Å²) in [5, 5.41) is 0. The van der Waals surface area contributed by atoms with E-state index in [4.69, 9.17) is 45.0 Å². The van der Waals surface area contributed by atoms with Gasteiger partial charge in [0.05, 0.1) is 0 Å². The lowest BCUT2D eigenvalue weighted by Crippen LogP contribution is -1.60. The molecule has 0 bridgehead atoms. The van der Waals surface area contributed by atoms with Crippen LogP contribution in [0.3, 0.4) is 0 Å². The van der Waals surface area contributed by atoms with Crippen LogP contribution in [0.5, 0.6) is 0 Å². The van der Waals surface area contributed by atoms with E-state index in [2.05, 4.69) is 13.5 Å². The highest BCUT2D eigenvalue weighted by Crippen LogP contribution is 2.80. The van der Waals surface area contributed by atoms with Crippen molar-refractivity contribution in [3.8, 4) is 0 Å². The standard InChI is InChI=1S/CH3Cl4N3P3/c1-9-6-10(2,3)8-11(4,5)7-9/h1H3/q+1. The highest BCUT2D eigenvalue weighted by Gasteiger charge is 2.30. The molecule has 0 aromatic rings. The highest BCUT2D eigenvalue weighted by atomic mass is 35.9. The Hall–Kier alpha value is 1.72. The molecule has 0 amide bonds. The van der Waals surface area contributed by atoms with Crippen LogP contribution in [0.2, 0.25) is 0 Å². The van der Waals surface area contributed by atoms with E-state index in [9.17, 15) is 0 Å². The lowest BCUT2D eigenvalue weighted by molar-refractivity contribution is 1.78. The van der Waals surface area contributed by atoms with Crippen molar-refractivity contribution in [3.05, 3.63) is 0 Å². The molecule has 0 saturated carbocycles. The van der Waals surface area contributed by atoms with Crippen LogP contribution in [0.15, 0.2) is 13.5 Å². The smallest absolute Gasteiger partial charge is 0.179 e. The molecule has 0 aromatic carbocycles. The SMILES string of the molecule is C[P+]1=NP(Cl)(Cl)=NP(Cl)(Cl)=N1. The minimum atomic E-state index is -2.60. The minimum absolute atomic E-state index is 0.940. The normalized spacial score (nSPS) is 29.7. The van der Waals surface area contributed by atoms with Gasteiger partial charge in [-0.05, 0) is 54.0 Å². The molecule has 0 N–H and O–H groups in total. The molecule has 1 aliphatic rings. The number of nitrogens with zero attached hydrogens (tertiary/aromatic N) is 3. The molecule has 1 atom stereocenters. The molecular formula is CH3Cl4N3P3+. The Balaban J connectivity index is 3.31. The van der Waals surface area contributed by atoms with Crippen molar-refractivity contribution in [2.24, 2.45) is 13.5 Å². The van der Waals surface area contributed by atoms with Gasteiger partial charge in [-0.3, -0.25) is 0 Å². The van der Waals surface area contributed by atoms with Gasteiger partial charge in [-0.2, -0.15) is 4.52 Å². The zero-order valence-electron chi connectivity index (χ0n) is 5.20. The summed E-state index contributed by atoms with van der Waals surface area (Å²) < 4.78 is 11.6. The number of halogens is 4. The van der Waals surface area contributed by atoms with Crippen molar-refractivity contribution in [2.75, 3.05) is 6.66 Å². The maximum Gasteiger partial charge on any atom is 0.353 e. The summed E-state index contributed by atoms with van der Waals surface area (Å²) in [6.07, 6.45) is 0. The lowest BCUT2D eigenvalue weighted by Gasteiger charge is -2.04. The van der Waals surface area contributed by atoms with E-state index in [1.165, 1.54) is 0 Å². The number of rotatable bonds is 0. The van der Waals surface area contributed by atoms with Crippen LogP contribution in [0.25, 0.3) is 0 Å². The quantitative estimate of drug-likeness (QED) is 0.487. The van der Waals surface area contributed by atoms with Gasteiger partial charge in [0.15, 0.2) is 0 Å². The molecular weight excluding hydrogens is 289 g/mol. The second kappa shape index (κ2) is 3.46. The van der Waals surface area contributed by atoms with E-state index in [0.29, 0.717) is 0 Å². The number of hydrogen-bond acceptors (Lipinski definition) is 3. The lowest BCUT2D eigenvalue weighted by atomic mass is 12.0. The van der Waals surface area contributed by atoms with Gasteiger partial charge in [-0.25, -0.2) is 0 Å². The molecule has 1 aliphatic heterocycles. The maximum atomic E-state index is 5.71. The van der Waals surface area contributed by atoms with E-state index in [0.717, 1.165) is 0 Å². The number of hydrogen-bond donors (Lipinski definition) is 0. The Kier molecular flexibility index (Phi) is 3.40. The van der Waals surface area contributed by atoms with Gasteiger partial charge in [0.2, 0.25) is 0 Å². The van der Waals surface area contributed by atoms with Crippen molar-refractivity contribution in [3.63, 3.8) is 0 Å². The Morgan fingerprint density at radius 3 is 2.00 bits per heavy atom. The average Bonchev–Trinajstić information content (AvgIpc) is 1.49. The second-order valence-electron chi connectivity index (χ2n) is 1.67. The van der Waals surface area contributed by atoms with Crippen LogP contribution in [-0.4, -0.2) is 6.66 Å². The third kappa shape index (κ3) is 3.53. The summed E-state index contributed by atoms with van der Waals surface area (Å²) >= 11 is 22.8. The monoisotopic (exact) mass is 290 g/mol. The minimum Gasteiger partial charge on any atom is -0.179 e. The molecule has 1 heterocycles. The van der Waals surface area contributed by atoms with Crippen molar-refractivity contribution in [2.45, 2.75) is 0 Å². The summed E-state index contributed by atoms with van der Waals surface area (Å²) in [7, 11) is -0.940. The van der Waals surface area contributed by atoms with Gasteiger partial charge in [-0.1, -0.05) is 0 Å². The Bertz CT molecular complexity index is 299. The molecule has 0 spiro atoms. The summed E-state index contributed by atoms with van der Waals surface area (Å²) in [6, 6.07) is 0. The van der Waals surface area contributed by atoms with Crippen LogP contribution >= 0.6 is 64.6 Å². The van der Waals surface area contributed by atoms with Gasteiger partial charge in [0, 0.05) is 0 Å². The molecule has 0 aliphatic carbocycles. The Morgan fingerprint density at radius 2 is 1.64 bits per heavy atom. The predicted octanol–water partition coefficient (Wildman–Crippen LogP) is 6.06. The van der Waals surface area contributed by atoms with E-state index in [1.807, 2.05) is 0 Å². The highest BCUT2D eigenvalue weighted by molar-refractivity contribution is 8.20. The van der Waals surface area contributed by atoms with Crippen LogP contribution < -0.4 is 0 Å². The summed E-state index contributed by atoms with van der Waals surface area (Å²) in [5.74, 6) is -5.20. The van der Waals surface area contributed by atoms with Gasteiger partial charge >= 0.3 is 19.7 Å². The van der Waals surface area contributed by atoms with Gasteiger partial charge in [0.1, 0.15) is 6.66 Å². The van der Waals surface area contributed by atoms with Gasteiger partial charge < -0.3 is 0 Å². The third-order valence-corrected chi connectivity index (χ3v) is 11.1. The zero-order valence-corrected chi connectivity index (χ0v) is 10.9. The van der Waals surface area contributed by atoms with Crippen LogP contribution in [0, 0.1) is 0 Å². The largest absolute Gasteiger partial charge is 0.353 e. The van der Waals surface area contributed by atoms with E-state index >= 15 is 0 Å². The fraction of sp³-hybridized carbons (Fsp3) is 1.00. The molecule has 1 rings (SSSR count). The molecule has 10 heteroatoms. The summed E-state index contributed by atoms with van der Waals surface area (Å²) in [4.78, 5) is 0. The predicted molar refractivity (Wildman–Crippen MR) is 57.4 cm³/mol.